The molecule has 2 amide bonds. The smallest absolute Gasteiger partial charge is 0.328 e. The lowest BCUT2D eigenvalue weighted by atomic mass is 10.2. The molecule has 1 unspecified atom stereocenters. The van der Waals surface area contributed by atoms with Crippen molar-refractivity contribution in [3.63, 3.8) is 0 Å². The first kappa shape index (κ1) is 13.8. The van der Waals surface area contributed by atoms with Crippen molar-refractivity contribution in [2.45, 2.75) is 24.3 Å². The predicted octanol–water partition coefficient (Wildman–Crippen LogP) is 0.772. The van der Waals surface area contributed by atoms with E-state index in [0.717, 1.165) is 5.56 Å². The lowest BCUT2D eigenvalue weighted by Gasteiger charge is -2.12. The number of nitrogens with one attached hydrogen (secondary N) is 2. The van der Waals surface area contributed by atoms with Crippen molar-refractivity contribution in [2.24, 2.45) is 0 Å². The largest absolute Gasteiger partial charge is 0.379 e. The number of hydrogen-bond acceptors (Lipinski definition) is 4. The SMILES string of the molecule is Cc1ccc(S(=O)(=O)NC(=O)NC2CCOC2)cc1. The minimum absolute atomic E-state index is 0.0657. The lowest BCUT2D eigenvalue weighted by molar-refractivity contribution is 0.189. The van der Waals surface area contributed by atoms with E-state index in [2.05, 4.69) is 5.32 Å². The number of urea groups is 1. The van der Waals surface area contributed by atoms with Gasteiger partial charge in [-0.15, -0.1) is 0 Å². The number of sulfonamides is 1. The van der Waals surface area contributed by atoms with Crippen molar-refractivity contribution in [3.8, 4) is 0 Å². The Labute approximate surface area is 112 Å². The fraction of sp³-hybridized carbons (Fsp3) is 0.417. The van der Waals surface area contributed by atoms with E-state index in [-0.39, 0.29) is 10.9 Å². The van der Waals surface area contributed by atoms with Crippen molar-refractivity contribution in [2.75, 3.05) is 13.2 Å². The Morgan fingerprint density at radius 3 is 2.58 bits per heavy atom. The summed E-state index contributed by atoms with van der Waals surface area (Å²) in [5.74, 6) is 0. The molecule has 2 N–H and O–H groups in total. The van der Waals surface area contributed by atoms with Gasteiger partial charge in [0.2, 0.25) is 0 Å². The van der Waals surface area contributed by atoms with Crippen LogP contribution in [0.3, 0.4) is 0 Å². The second-order valence-electron chi connectivity index (χ2n) is 4.45. The molecule has 2 rings (SSSR count). The molecule has 1 heterocycles. The summed E-state index contributed by atoms with van der Waals surface area (Å²) in [4.78, 5) is 11.7. The van der Waals surface area contributed by atoms with Gasteiger partial charge in [-0.2, -0.15) is 0 Å². The molecule has 0 aromatic heterocycles. The maximum absolute atomic E-state index is 11.9. The first-order valence-corrected chi connectivity index (χ1v) is 7.43. The van der Waals surface area contributed by atoms with E-state index >= 15 is 0 Å². The van der Waals surface area contributed by atoms with E-state index < -0.39 is 16.1 Å². The molecule has 1 fully saturated rings. The van der Waals surface area contributed by atoms with Gasteiger partial charge < -0.3 is 10.1 Å². The third-order valence-corrected chi connectivity index (χ3v) is 4.17. The van der Waals surface area contributed by atoms with Crippen molar-refractivity contribution in [1.29, 1.82) is 0 Å². The van der Waals surface area contributed by atoms with E-state index in [1.165, 1.54) is 12.1 Å². The molecule has 1 aliphatic heterocycles. The molecule has 7 heteroatoms. The second-order valence-corrected chi connectivity index (χ2v) is 6.13. The molecule has 104 valence electrons. The van der Waals surface area contributed by atoms with E-state index in [0.29, 0.717) is 19.6 Å². The fourth-order valence-electron chi connectivity index (χ4n) is 1.76. The number of carbonyl (C=O) groups is 1. The van der Waals surface area contributed by atoms with E-state index in [1.807, 2.05) is 11.6 Å². The standard InChI is InChI=1S/C12H16N2O4S/c1-9-2-4-11(5-3-9)19(16,17)14-12(15)13-10-6-7-18-8-10/h2-5,10H,6-8H2,1H3,(H2,13,14,15). The first-order chi connectivity index (χ1) is 8.97. The van der Waals surface area contributed by atoms with Crippen molar-refractivity contribution >= 4 is 16.1 Å². The van der Waals surface area contributed by atoms with Crippen LogP contribution in [0, 0.1) is 6.92 Å². The van der Waals surface area contributed by atoms with Gasteiger partial charge >= 0.3 is 6.03 Å². The van der Waals surface area contributed by atoms with Gasteiger partial charge in [0, 0.05) is 6.61 Å². The van der Waals surface area contributed by atoms with Crippen LogP contribution in [-0.2, 0) is 14.8 Å². The van der Waals surface area contributed by atoms with Crippen LogP contribution in [0.4, 0.5) is 4.79 Å². The van der Waals surface area contributed by atoms with Gasteiger partial charge in [0.25, 0.3) is 10.0 Å². The van der Waals surface area contributed by atoms with Crippen LogP contribution in [0.2, 0.25) is 0 Å². The maximum atomic E-state index is 11.9. The van der Waals surface area contributed by atoms with Gasteiger partial charge in [-0.05, 0) is 25.5 Å². The van der Waals surface area contributed by atoms with Gasteiger partial charge in [-0.25, -0.2) is 17.9 Å². The number of ether oxygens (including phenoxy) is 1. The van der Waals surface area contributed by atoms with Crippen LogP contribution in [-0.4, -0.2) is 33.7 Å². The fourth-order valence-corrected chi connectivity index (χ4v) is 2.68. The number of aryl methyl sites for hydroxylation is 1. The zero-order valence-electron chi connectivity index (χ0n) is 10.5. The summed E-state index contributed by atoms with van der Waals surface area (Å²) in [7, 11) is -3.82. The van der Waals surface area contributed by atoms with Gasteiger partial charge in [-0.1, -0.05) is 17.7 Å². The lowest BCUT2D eigenvalue weighted by Crippen LogP contribution is -2.44. The summed E-state index contributed by atoms with van der Waals surface area (Å²) in [5, 5.41) is 2.56. The van der Waals surface area contributed by atoms with Gasteiger partial charge in [0.05, 0.1) is 17.5 Å². The minimum atomic E-state index is -3.82. The van der Waals surface area contributed by atoms with Crippen molar-refractivity contribution in [3.05, 3.63) is 29.8 Å². The Morgan fingerprint density at radius 1 is 1.32 bits per heavy atom. The van der Waals surface area contributed by atoms with Crippen LogP contribution in [0.25, 0.3) is 0 Å². The van der Waals surface area contributed by atoms with Crippen molar-refractivity contribution in [1.82, 2.24) is 10.0 Å². The Kier molecular flexibility index (Phi) is 4.06. The summed E-state index contributed by atoms with van der Waals surface area (Å²) in [6.45, 7) is 2.85. The molecule has 1 atom stereocenters. The molecule has 1 aromatic carbocycles. The first-order valence-electron chi connectivity index (χ1n) is 5.95. The highest BCUT2D eigenvalue weighted by molar-refractivity contribution is 7.90. The summed E-state index contributed by atoms with van der Waals surface area (Å²) in [6.07, 6.45) is 0.692. The van der Waals surface area contributed by atoms with E-state index in [4.69, 9.17) is 4.74 Å². The Balaban J connectivity index is 2.00. The zero-order valence-corrected chi connectivity index (χ0v) is 11.4. The Hall–Kier alpha value is -1.60. The average molecular weight is 284 g/mol. The molecule has 1 aromatic rings. The highest BCUT2D eigenvalue weighted by Crippen LogP contribution is 2.10. The normalized spacial score (nSPS) is 19.1. The van der Waals surface area contributed by atoms with Crippen molar-refractivity contribution < 1.29 is 17.9 Å². The molecule has 1 saturated heterocycles. The summed E-state index contributed by atoms with van der Waals surface area (Å²) in [5.41, 5.74) is 0.950. The Bertz CT molecular complexity index is 548. The van der Waals surface area contributed by atoms with Gasteiger partial charge in [0.1, 0.15) is 0 Å². The molecule has 0 bridgehead atoms. The van der Waals surface area contributed by atoms with Gasteiger partial charge in [0.15, 0.2) is 0 Å². The molecular weight excluding hydrogens is 268 g/mol. The average Bonchev–Trinajstić information content (AvgIpc) is 2.81. The molecule has 0 radical (unpaired) electrons. The number of amides is 2. The van der Waals surface area contributed by atoms with Crippen LogP contribution in [0.5, 0.6) is 0 Å². The highest BCUT2D eigenvalue weighted by Gasteiger charge is 2.21. The molecule has 6 nitrogen and oxygen atoms in total. The summed E-state index contributed by atoms with van der Waals surface area (Å²) >= 11 is 0. The topological polar surface area (TPSA) is 84.5 Å². The third-order valence-electron chi connectivity index (χ3n) is 2.82. The number of carbonyl (C=O) groups excluding carboxylic acids is 1. The minimum Gasteiger partial charge on any atom is -0.379 e. The van der Waals surface area contributed by atoms with Crippen LogP contribution < -0.4 is 10.0 Å². The summed E-state index contributed by atoms with van der Waals surface area (Å²) in [6, 6.07) is 5.42. The third kappa shape index (κ3) is 3.68. The van der Waals surface area contributed by atoms with E-state index in [9.17, 15) is 13.2 Å². The molecular formula is C12H16N2O4S. The van der Waals surface area contributed by atoms with Crippen LogP contribution >= 0.6 is 0 Å². The van der Waals surface area contributed by atoms with Crippen LogP contribution in [0.1, 0.15) is 12.0 Å². The monoisotopic (exact) mass is 284 g/mol. The molecule has 1 aliphatic rings. The van der Waals surface area contributed by atoms with Crippen LogP contribution in [0.15, 0.2) is 29.2 Å². The molecule has 0 aliphatic carbocycles. The predicted molar refractivity (Wildman–Crippen MR) is 69.3 cm³/mol. The molecule has 0 saturated carbocycles. The number of hydrogen-bond donors (Lipinski definition) is 2. The zero-order chi connectivity index (χ0) is 13.9. The second kappa shape index (κ2) is 5.58. The number of benzene rings is 1. The quantitative estimate of drug-likeness (QED) is 0.858. The maximum Gasteiger partial charge on any atom is 0.328 e. The van der Waals surface area contributed by atoms with E-state index in [1.54, 1.807) is 12.1 Å². The number of rotatable bonds is 3. The summed E-state index contributed by atoms with van der Waals surface area (Å²) < 4.78 is 30.9. The molecule has 19 heavy (non-hydrogen) atoms. The highest BCUT2D eigenvalue weighted by atomic mass is 32.2. The van der Waals surface area contributed by atoms with Gasteiger partial charge in [-0.3, -0.25) is 0 Å². The Morgan fingerprint density at radius 2 is 2.00 bits per heavy atom. The molecule has 0 spiro atoms.